The summed E-state index contributed by atoms with van der Waals surface area (Å²) in [4.78, 5) is 21.4. The molecule has 0 unspecified atom stereocenters. The van der Waals surface area contributed by atoms with E-state index in [2.05, 4.69) is 34.0 Å². The lowest BCUT2D eigenvalue weighted by atomic mass is 10.1. The summed E-state index contributed by atoms with van der Waals surface area (Å²) in [7, 11) is 1.72. The zero-order chi connectivity index (χ0) is 15.4. The van der Waals surface area contributed by atoms with Gasteiger partial charge in [0, 0.05) is 19.6 Å². The fourth-order valence-electron chi connectivity index (χ4n) is 2.84. The molecule has 0 aliphatic heterocycles. The van der Waals surface area contributed by atoms with E-state index in [0.29, 0.717) is 23.7 Å². The molecule has 1 fully saturated rings. The summed E-state index contributed by atoms with van der Waals surface area (Å²) in [6.45, 7) is 5.01. The molecule has 0 bridgehead atoms. The number of aromatic nitrogens is 2. The largest absolute Gasteiger partial charge is 0.357 e. The van der Waals surface area contributed by atoms with Crippen LogP contribution in [-0.4, -0.2) is 34.5 Å². The molecule has 1 saturated carbocycles. The minimum Gasteiger partial charge on any atom is -0.357 e. The maximum atomic E-state index is 11.3. The monoisotopic (exact) mass is 293 g/mol. The molecule has 1 aliphatic carbocycles. The van der Waals surface area contributed by atoms with Crippen molar-refractivity contribution < 1.29 is 4.92 Å². The van der Waals surface area contributed by atoms with Crippen LogP contribution in [0.1, 0.15) is 39.5 Å². The first-order valence-corrected chi connectivity index (χ1v) is 7.48. The van der Waals surface area contributed by atoms with Gasteiger partial charge in [0.1, 0.15) is 6.20 Å². The van der Waals surface area contributed by atoms with E-state index in [0.717, 1.165) is 19.4 Å². The zero-order valence-electron chi connectivity index (χ0n) is 12.9. The molecule has 0 radical (unpaired) electrons. The molecule has 21 heavy (non-hydrogen) atoms. The molecule has 0 atom stereocenters. The van der Waals surface area contributed by atoms with Crippen LogP contribution < -0.4 is 10.2 Å². The lowest BCUT2D eigenvalue weighted by Crippen LogP contribution is -2.37. The van der Waals surface area contributed by atoms with Gasteiger partial charge in [0.25, 0.3) is 0 Å². The van der Waals surface area contributed by atoms with Gasteiger partial charge in [0.2, 0.25) is 11.8 Å². The summed E-state index contributed by atoms with van der Waals surface area (Å²) >= 11 is 0. The third-order valence-corrected chi connectivity index (χ3v) is 3.77. The molecule has 0 amide bonds. The fraction of sp³-hybridized carbons (Fsp3) is 0.714. The van der Waals surface area contributed by atoms with Crippen LogP contribution in [0.2, 0.25) is 0 Å². The van der Waals surface area contributed by atoms with E-state index in [9.17, 15) is 10.1 Å². The topological polar surface area (TPSA) is 84.2 Å². The van der Waals surface area contributed by atoms with Crippen LogP contribution in [-0.2, 0) is 0 Å². The van der Waals surface area contributed by atoms with Crippen LogP contribution in [0.25, 0.3) is 0 Å². The highest BCUT2D eigenvalue weighted by Crippen LogP contribution is 2.33. The summed E-state index contributed by atoms with van der Waals surface area (Å²) in [5.41, 5.74) is -0.0125. The van der Waals surface area contributed by atoms with Gasteiger partial charge in [-0.3, -0.25) is 10.1 Å². The Bertz CT molecular complexity index is 500. The Morgan fingerprint density at radius 2 is 2.14 bits per heavy atom. The van der Waals surface area contributed by atoms with Crippen molar-refractivity contribution in [2.75, 3.05) is 23.8 Å². The normalized spacial score (nSPS) is 15.4. The summed E-state index contributed by atoms with van der Waals surface area (Å²) in [5.74, 6) is 1.28. The summed E-state index contributed by atoms with van der Waals surface area (Å²) < 4.78 is 0. The predicted molar refractivity (Wildman–Crippen MR) is 82.7 cm³/mol. The van der Waals surface area contributed by atoms with Crippen molar-refractivity contribution in [1.29, 1.82) is 0 Å². The van der Waals surface area contributed by atoms with E-state index in [1.807, 2.05) is 0 Å². The Morgan fingerprint density at radius 1 is 1.48 bits per heavy atom. The highest BCUT2D eigenvalue weighted by Gasteiger charge is 2.30. The average molecular weight is 293 g/mol. The van der Waals surface area contributed by atoms with Crippen LogP contribution in [0.5, 0.6) is 0 Å². The van der Waals surface area contributed by atoms with Crippen LogP contribution >= 0.6 is 0 Å². The van der Waals surface area contributed by atoms with Crippen molar-refractivity contribution in [2.45, 2.75) is 45.6 Å². The van der Waals surface area contributed by atoms with Gasteiger partial charge >= 0.3 is 5.69 Å². The standard InChI is InChI=1S/C14H23N5O2/c1-10(2)9-18(11-6-4-5-7-11)13-12(19(20)21)8-16-14(15-3)17-13/h8,10-11H,4-7,9H2,1-3H3,(H,15,16,17). The molecule has 1 aromatic heterocycles. The minimum absolute atomic E-state index is 0.0125. The number of nitro groups is 1. The summed E-state index contributed by atoms with van der Waals surface area (Å²) in [6, 6.07) is 0.339. The van der Waals surface area contributed by atoms with Crippen molar-refractivity contribution in [1.82, 2.24) is 9.97 Å². The van der Waals surface area contributed by atoms with Crippen molar-refractivity contribution in [3.63, 3.8) is 0 Å². The molecule has 7 heteroatoms. The first-order valence-electron chi connectivity index (χ1n) is 7.48. The third-order valence-electron chi connectivity index (χ3n) is 3.77. The maximum Gasteiger partial charge on any atom is 0.329 e. The van der Waals surface area contributed by atoms with Gasteiger partial charge in [-0.2, -0.15) is 4.98 Å². The molecule has 1 aliphatic rings. The second kappa shape index (κ2) is 6.69. The van der Waals surface area contributed by atoms with Gasteiger partial charge in [-0.05, 0) is 18.8 Å². The van der Waals surface area contributed by atoms with Crippen molar-refractivity contribution in [2.24, 2.45) is 5.92 Å². The number of nitrogens with zero attached hydrogens (tertiary/aromatic N) is 4. The van der Waals surface area contributed by atoms with Gasteiger partial charge < -0.3 is 10.2 Å². The highest BCUT2D eigenvalue weighted by molar-refractivity contribution is 5.59. The molecule has 0 aromatic carbocycles. The van der Waals surface area contributed by atoms with Gasteiger partial charge in [-0.25, -0.2) is 4.98 Å². The van der Waals surface area contributed by atoms with Crippen LogP contribution in [0.4, 0.5) is 17.5 Å². The zero-order valence-corrected chi connectivity index (χ0v) is 12.9. The van der Waals surface area contributed by atoms with Gasteiger partial charge in [-0.15, -0.1) is 0 Å². The van der Waals surface area contributed by atoms with Gasteiger partial charge in [0.15, 0.2) is 0 Å². The van der Waals surface area contributed by atoms with E-state index >= 15 is 0 Å². The second-order valence-corrected chi connectivity index (χ2v) is 5.89. The summed E-state index contributed by atoms with van der Waals surface area (Å²) in [5, 5.41) is 14.2. The third kappa shape index (κ3) is 3.59. The maximum absolute atomic E-state index is 11.3. The average Bonchev–Trinajstić information content (AvgIpc) is 2.97. The van der Waals surface area contributed by atoms with E-state index in [1.165, 1.54) is 19.0 Å². The number of hydrogen-bond acceptors (Lipinski definition) is 6. The molecule has 2 rings (SSSR count). The van der Waals surface area contributed by atoms with E-state index in [1.54, 1.807) is 7.05 Å². The molecular formula is C14H23N5O2. The van der Waals surface area contributed by atoms with E-state index in [4.69, 9.17) is 0 Å². The molecule has 7 nitrogen and oxygen atoms in total. The number of nitrogens with one attached hydrogen (secondary N) is 1. The molecule has 0 spiro atoms. The number of anilines is 2. The Labute approximate surface area is 124 Å². The van der Waals surface area contributed by atoms with Gasteiger partial charge in [-0.1, -0.05) is 26.7 Å². The van der Waals surface area contributed by atoms with Crippen molar-refractivity contribution >= 4 is 17.5 Å². The lowest BCUT2D eigenvalue weighted by molar-refractivity contribution is -0.384. The molecule has 1 heterocycles. The second-order valence-electron chi connectivity index (χ2n) is 5.89. The first kappa shape index (κ1) is 15.5. The highest BCUT2D eigenvalue weighted by atomic mass is 16.6. The molecular weight excluding hydrogens is 270 g/mol. The lowest BCUT2D eigenvalue weighted by Gasteiger charge is -2.31. The van der Waals surface area contributed by atoms with Crippen molar-refractivity contribution in [3.8, 4) is 0 Å². The van der Waals surface area contributed by atoms with Crippen LogP contribution in [0, 0.1) is 16.0 Å². The Hall–Kier alpha value is -1.92. The molecule has 116 valence electrons. The van der Waals surface area contributed by atoms with E-state index < -0.39 is 4.92 Å². The minimum atomic E-state index is -0.392. The van der Waals surface area contributed by atoms with Crippen LogP contribution in [0.15, 0.2) is 6.20 Å². The summed E-state index contributed by atoms with van der Waals surface area (Å²) in [6.07, 6.45) is 5.80. The Morgan fingerprint density at radius 3 is 2.67 bits per heavy atom. The molecule has 0 saturated heterocycles. The number of hydrogen-bond donors (Lipinski definition) is 1. The van der Waals surface area contributed by atoms with Crippen molar-refractivity contribution in [3.05, 3.63) is 16.3 Å². The van der Waals surface area contributed by atoms with E-state index in [-0.39, 0.29) is 5.69 Å². The quantitative estimate of drug-likeness (QED) is 0.641. The number of rotatable bonds is 6. The first-order chi connectivity index (χ1) is 10.0. The molecule has 1 N–H and O–H groups in total. The smallest absolute Gasteiger partial charge is 0.329 e. The Balaban J connectivity index is 2.43. The Kier molecular flexibility index (Phi) is 4.93. The van der Waals surface area contributed by atoms with Crippen LogP contribution in [0.3, 0.4) is 0 Å². The SMILES string of the molecule is CNc1ncc([N+](=O)[O-])c(N(CC(C)C)C2CCCC2)n1. The fourth-order valence-corrected chi connectivity index (χ4v) is 2.84. The predicted octanol–water partition coefficient (Wildman–Crippen LogP) is 2.83. The van der Waals surface area contributed by atoms with Gasteiger partial charge in [0.05, 0.1) is 4.92 Å². The molecule has 1 aromatic rings.